The summed E-state index contributed by atoms with van der Waals surface area (Å²) in [6, 6.07) is 7.50. The van der Waals surface area contributed by atoms with E-state index < -0.39 is 6.10 Å². The molecular formula is C16H19N3O3. The van der Waals surface area contributed by atoms with Crippen molar-refractivity contribution in [3.8, 4) is 17.0 Å². The molecule has 1 amide bonds. The first-order chi connectivity index (χ1) is 10.6. The summed E-state index contributed by atoms with van der Waals surface area (Å²) in [5.41, 5.74) is 1.92. The molecule has 116 valence electrons. The van der Waals surface area contributed by atoms with E-state index in [0.29, 0.717) is 36.5 Å². The van der Waals surface area contributed by atoms with Gasteiger partial charge in [-0.1, -0.05) is 12.1 Å². The molecule has 6 heteroatoms. The zero-order valence-electron chi connectivity index (χ0n) is 12.7. The maximum atomic E-state index is 12.7. The molecule has 1 fully saturated rings. The van der Waals surface area contributed by atoms with Crippen LogP contribution in [-0.4, -0.2) is 52.0 Å². The molecule has 2 aromatic rings. The van der Waals surface area contributed by atoms with Crippen LogP contribution in [0.3, 0.4) is 0 Å². The van der Waals surface area contributed by atoms with Crippen LogP contribution in [0.15, 0.2) is 30.5 Å². The van der Waals surface area contributed by atoms with E-state index in [2.05, 4.69) is 5.10 Å². The van der Waals surface area contributed by atoms with E-state index in [9.17, 15) is 9.90 Å². The van der Waals surface area contributed by atoms with Gasteiger partial charge in [-0.3, -0.25) is 9.48 Å². The number of likely N-dealkylation sites (tertiary alicyclic amines) is 1. The van der Waals surface area contributed by atoms with Crippen LogP contribution in [0, 0.1) is 0 Å². The number of nitrogens with zero attached hydrogens (tertiary/aromatic N) is 3. The topological polar surface area (TPSA) is 67.6 Å². The molecule has 1 saturated heterocycles. The van der Waals surface area contributed by atoms with E-state index in [1.165, 1.54) is 0 Å². The molecule has 0 radical (unpaired) electrons. The van der Waals surface area contributed by atoms with Gasteiger partial charge in [0.1, 0.15) is 11.4 Å². The number of benzene rings is 1. The molecule has 1 atom stereocenters. The number of aryl methyl sites for hydroxylation is 1. The molecule has 0 aliphatic carbocycles. The summed E-state index contributed by atoms with van der Waals surface area (Å²) < 4.78 is 7.00. The van der Waals surface area contributed by atoms with Crippen molar-refractivity contribution in [2.75, 3.05) is 20.2 Å². The second kappa shape index (κ2) is 5.81. The Kier molecular flexibility index (Phi) is 3.85. The minimum atomic E-state index is -0.435. The molecule has 0 saturated carbocycles. The fourth-order valence-corrected chi connectivity index (χ4v) is 2.78. The van der Waals surface area contributed by atoms with Crippen molar-refractivity contribution < 1.29 is 14.6 Å². The Bertz CT molecular complexity index is 696. The van der Waals surface area contributed by atoms with Crippen LogP contribution in [0.2, 0.25) is 0 Å². The van der Waals surface area contributed by atoms with E-state index in [-0.39, 0.29) is 5.91 Å². The molecule has 1 aromatic carbocycles. The molecule has 1 aromatic heterocycles. The fourth-order valence-electron chi connectivity index (χ4n) is 2.78. The number of β-amino-alcohol motifs (C(OH)–C–C–N with tert-alkyl or cyclic N) is 1. The predicted molar refractivity (Wildman–Crippen MR) is 81.7 cm³/mol. The minimum Gasteiger partial charge on any atom is -0.496 e. The summed E-state index contributed by atoms with van der Waals surface area (Å²) >= 11 is 0. The Morgan fingerprint density at radius 1 is 1.41 bits per heavy atom. The zero-order chi connectivity index (χ0) is 15.7. The second-order valence-corrected chi connectivity index (χ2v) is 5.46. The molecule has 6 nitrogen and oxygen atoms in total. The average molecular weight is 301 g/mol. The summed E-state index contributed by atoms with van der Waals surface area (Å²) in [7, 11) is 3.38. The van der Waals surface area contributed by atoms with Crippen molar-refractivity contribution in [3.63, 3.8) is 0 Å². The van der Waals surface area contributed by atoms with Gasteiger partial charge in [-0.25, -0.2) is 0 Å². The lowest BCUT2D eigenvalue weighted by molar-refractivity contribution is 0.0765. The number of hydrogen-bond acceptors (Lipinski definition) is 4. The molecule has 0 bridgehead atoms. The van der Waals surface area contributed by atoms with Gasteiger partial charge in [0.15, 0.2) is 0 Å². The minimum absolute atomic E-state index is 0.106. The number of aliphatic hydroxyl groups excluding tert-OH is 1. The number of carbonyl (C=O) groups excluding carboxylic acids is 1. The molecule has 3 rings (SSSR count). The van der Waals surface area contributed by atoms with Gasteiger partial charge in [0.05, 0.1) is 18.8 Å². The fraction of sp³-hybridized carbons (Fsp3) is 0.375. The van der Waals surface area contributed by atoms with Crippen LogP contribution in [0.5, 0.6) is 5.75 Å². The third kappa shape index (κ3) is 2.57. The Hall–Kier alpha value is -2.34. The Morgan fingerprint density at radius 2 is 2.18 bits per heavy atom. The quantitative estimate of drug-likeness (QED) is 0.928. The van der Waals surface area contributed by atoms with E-state index in [1.54, 1.807) is 29.9 Å². The lowest BCUT2D eigenvalue weighted by atomic mass is 10.1. The van der Waals surface area contributed by atoms with Crippen LogP contribution < -0.4 is 4.74 Å². The van der Waals surface area contributed by atoms with Crippen LogP contribution in [0.1, 0.15) is 16.8 Å². The van der Waals surface area contributed by atoms with Crippen LogP contribution in [0.25, 0.3) is 11.3 Å². The molecule has 22 heavy (non-hydrogen) atoms. The number of ether oxygens (including phenoxy) is 1. The SMILES string of the molecule is COc1ccccc1-c1nn(C)cc1C(=O)N1CC[C@@H](O)C1. The highest BCUT2D eigenvalue weighted by molar-refractivity contribution is 6.00. The molecule has 1 aliphatic heterocycles. The number of aliphatic hydroxyl groups is 1. The highest BCUT2D eigenvalue weighted by Crippen LogP contribution is 2.31. The molecule has 2 heterocycles. The van der Waals surface area contributed by atoms with Gasteiger partial charge >= 0.3 is 0 Å². The maximum absolute atomic E-state index is 12.7. The van der Waals surface area contributed by atoms with Crippen LogP contribution in [0.4, 0.5) is 0 Å². The second-order valence-electron chi connectivity index (χ2n) is 5.46. The van der Waals surface area contributed by atoms with Gasteiger partial charge < -0.3 is 14.7 Å². The molecular weight excluding hydrogens is 282 g/mol. The molecule has 0 unspecified atom stereocenters. The van der Waals surface area contributed by atoms with Gasteiger partial charge in [-0.15, -0.1) is 0 Å². The van der Waals surface area contributed by atoms with E-state index in [4.69, 9.17) is 4.74 Å². The highest BCUT2D eigenvalue weighted by Gasteiger charge is 2.29. The van der Waals surface area contributed by atoms with Crippen molar-refractivity contribution in [1.82, 2.24) is 14.7 Å². The first-order valence-electron chi connectivity index (χ1n) is 7.24. The lowest BCUT2D eigenvalue weighted by Crippen LogP contribution is -2.29. The number of para-hydroxylation sites is 1. The van der Waals surface area contributed by atoms with Gasteiger partial charge in [0.25, 0.3) is 5.91 Å². The number of amides is 1. The van der Waals surface area contributed by atoms with Crippen molar-refractivity contribution >= 4 is 5.91 Å². The van der Waals surface area contributed by atoms with Crippen LogP contribution in [-0.2, 0) is 7.05 Å². The Morgan fingerprint density at radius 3 is 2.86 bits per heavy atom. The number of hydrogen-bond donors (Lipinski definition) is 1. The number of aromatic nitrogens is 2. The largest absolute Gasteiger partial charge is 0.496 e. The monoisotopic (exact) mass is 301 g/mol. The van der Waals surface area contributed by atoms with Gasteiger partial charge in [-0.05, 0) is 18.6 Å². The lowest BCUT2D eigenvalue weighted by Gasteiger charge is -2.15. The first-order valence-corrected chi connectivity index (χ1v) is 7.24. The van der Waals surface area contributed by atoms with Crippen molar-refractivity contribution in [2.45, 2.75) is 12.5 Å². The number of rotatable bonds is 3. The predicted octanol–water partition coefficient (Wildman–Crippen LogP) is 1.30. The maximum Gasteiger partial charge on any atom is 0.257 e. The van der Waals surface area contributed by atoms with Crippen molar-refractivity contribution in [3.05, 3.63) is 36.0 Å². The Labute approximate surface area is 128 Å². The normalized spacial score (nSPS) is 17.8. The standard InChI is InChI=1S/C16H19N3O3/c1-18-10-13(16(21)19-8-7-11(20)9-19)15(17-18)12-5-3-4-6-14(12)22-2/h3-6,10-11,20H,7-9H2,1-2H3/t11-/m1/s1. The number of methoxy groups -OCH3 is 1. The average Bonchev–Trinajstić information content (AvgIpc) is 3.12. The van der Waals surface area contributed by atoms with Gasteiger partial charge in [0.2, 0.25) is 0 Å². The third-order valence-electron chi connectivity index (χ3n) is 3.87. The molecule has 1 N–H and O–H groups in total. The molecule has 0 spiro atoms. The highest BCUT2D eigenvalue weighted by atomic mass is 16.5. The van der Waals surface area contributed by atoms with Crippen molar-refractivity contribution in [2.24, 2.45) is 7.05 Å². The third-order valence-corrected chi connectivity index (χ3v) is 3.87. The zero-order valence-corrected chi connectivity index (χ0v) is 12.7. The van der Waals surface area contributed by atoms with Gasteiger partial charge in [0, 0.05) is 31.9 Å². The van der Waals surface area contributed by atoms with E-state index >= 15 is 0 Å². The first kappa shape index (κ1) is 14.6. The van der Waals surface area contributed by atoms with Gasteiger partial charge in [-0.2, -0.15) is 5.10 Å². The summed E-state index contributed by atoms with van der Waals surface area (Å²) in [5.74, 6) is 0.572. The summed E-state index contributed by atoms with van der Waals surface area (Å²) in [6.45, 7) is 0.944. The Balaban J connectivity index is 2.01. The summed E-state index contributed by atoms with van der Waals surface area (Å²) in [4.78, 5) is 14.4. The van der Waals surface area contributed by atoms with E-state index in [1.807, 2.05) is 24.3 Å². The smallest absolute Gasteiger partial charge is 0.257 e. The van der Waals surface area contributed by atoms with Crippen LogP contribution >= 0.6 is 0 Å². The molecule has 1 aliphatic rings. The summed E-state index contributed by atoms with van der Waals surface area (Å²) in [6.07, 6.45) is 1.90. The number of carbonyl (C=O) groups is 1. The van der Waals surface area contributed by atoms with Crippen molar-refractivity contribution in [1.29, 1.82) is 0 Å². The summed E-state index contributed by atoms with van der Waals surface area (Å²) in [5, 5.41) is 14.1. The van der Waals surface area contributed by atoms with E-state index in [0.717, 1.165) is 5.56 Å².